The molecule has 0 bridgehead atoms. The maximum Gasteiger partial charge on any atom is 0.163 e. The van der Waals surface area contributed by atoms with Gasteiger partial charge in [-0.05, 0) is 25.9 Å². The Bertz CT molecular complexity index is 714. The van der Waals surface area contributed by atoms with Gasteiger partial charge in [-0.1, -0.05) is 27.2 Å². The molecule has 1 saturated heterocycles. The Hall–Kier alpha value is -1.73. The highest BCUT2D eigenvalue weighted by molar-refractivity contribution is 5.86. The highest BCUT2D eigenvalue weighted by atomic mass is 16.3. The summed E-state index contributed by atoms with van der Waals surface area (Å²) in [7, 11) is 1.89. The lowest BCUT2D eigenvalue weighted by atomic mass is 9.95. The molecular formula is C18H30N6O. The first-order valence-corrected chi connectivity index (χ1v) is 9.19. The van der Waals surface area contributed by atoms with Crippen LogP contribution in [-0.2, 0) is 12.5 Å². The van der Waals surface area contributed by atoms with Crippen LogP contribution in [-0.4, -0.2) is 62.0 Å². The molecule has 0 spiro atoms. The van der Waals surface area contributed by atoms with Crippen LogP contribution < -0.4 is 5.32 Å². The second-order valence-electron chi connectivity index (χ2n) is 8.05. The fraction of sp³-hybridized carbons (Fsp3) is 0.722. The topological polar surface area (TPSA) is 79.1 Å². The molecule has 2 aromatic rings. The molecule has 0 aliphatic carbocycles. The number of hydrogen-bond acceptors (Lipinski definition) is 6. The Morgan fingerprint density at radius 3 is 2.60 bits per heavy atom. The van der Waals surface area contributed by atoms with Gasteiger partial charge in [0.15, 0.2) is 5.65 Å². The van der Waals surface area contributed by atoms with Crippen LogP contribution in [0.25, 0.3) is 11.0 Å². The number of aliphatic hydroxyl groups is 1. The van der Waals surface area contributed by atoms with Gasteiger partial charge < -0.3 is 15.3 Å². The first-order valence-electron chi connectivity index (χ1n) is 9.19. The molecule has 0 aromatic carbocycles. The highest BCUT2D eigenvalue weighted by Crippen LogP contribution is 2.25. The fourth-order valence-electron chi connectivity index (χ4n) is 3.21. The third-order valence-electron chi connectivity index (χ3n) is 4.69. The lowest BCUT2D eigenvalue weighted by Crippen LogP contribution is -2.39. The quantitative estimate of drug-likeness (QED) is 0.861. The van der Waals surface area contributed by atoms with Crippen LogP contribution in [0.3, 0.4) is 0 Å². The van der Waals surface area contributed by atoms with Gasteiger partial charge in [-0.15, -0.1) is 0 Å². The number of nitrogens with one attached hydrogen (secondary N) is 1. The van der Waals surface area contributed by atoms with E-state index < -0.39 is 6.10 Å². The molecule has 1 fully saturated rings. The standard InChI is InChI=1S/C18H30N6O/c1-18(2,3)17-21-15(14-11-20-23(4)16(14)22-17)19-10-13(25)12-24-8-6-5-7-9-24/h11,13,25H,5-10,12H2,1-4H3,(H,19,21,22)/t13-/m1/s1. The number of nitrogens with zero attached hydrogens (tertiary/aromatic N) is 5. The van der Waals surface area contributed by atoms with E-state index in [1.54, 1.807) is 10.9 Å². The zero-order chi connectivity index (χ0) is 18.0. The molecule has 0 radical (unpaired) electrons. The van der Waals surface area contributed by atoms with Crippen LogP contribution in [0.5, 0.6) is 0 Å². The van der Waals surface area contributed by atoms with E-state index in [4.69, 9.17) is 4.98 Å². The Morgan fingerprint density at radius 2 is 1.92 bits per heavy atom. The van der Waals surface area contributed by atoms with Gasteiger partial charge in [-0.25, -0.2) is 9.97 Å². The van der Waals surface area contributed by atoms with Crippen molar-refractivity contribution in [3.63, 3.8) is 0 Å². The molecule has 7 nitrogen and oxygen atoms in total. The summed E-state index contributed by atoms with van der Waals surface area (Å²) in [6.45, 7) is 9.65. The van der Waals surface area contributed by atoms with Crippen molar-refractivity contribution >= 4 is 16.9 Å². The number of aromatic nitrogens is 4. The fourth-order valence-corrected chi connectivity index (χ4v) is 3.21. The predicted molar refractivity (Wildman–Crippen MR) is 99.8 cm³/mol. The number of hydrogen-bond donors (Lipinski definition) is 2. The van der Waals surface area contributed by atoms with E-state index in [1.165, 1.54) is 19.3 Å². The maximum absolute atomic E-state index is 10.4. The Labute approximate surface area is 149 Å². The summed E-state index contributed by atoms with van der Waals surface area (Å²) in [5.74, 6) is 1.53. The number of fused-ring (bicyclic) bond motifs is 1. The number of β-amino-alcohol motifs (C(OH)–C–C–N with tert-alkyl or cyclic N) is 1. The summed E-state index contributed by atoms with van der Waals surface area (Å²) >= 11 is 0. The molecule has 25 heavy (non-hydrogen) atoms. The molecule has 138 valence electrons. The van der Waals surface area contributed by atoms with E-state index >= 15 is 0 Å². The Balaban J connectivity index is 1.73. The largest absolute Gasteiger partial charge is 0.390 e. The lowest BCUT2D eigenvalue weighted by molar-refractivity contribution is 0.109. The molecular weight excluding hydrogens is 316 g/mol. The van der Waals surface area contributed by atoms with Gasteiger partial charge in [-0.2, -0.15) is 5.10 Å². The van der Waals surface area contributed by atoms with Crippen molar-refractivity contribution < 1.29 is 5.11 Å². The highest BCUT2D eigenvalue weighted by Gasteiger charge is 2.22. The van der Waals surface area contributed by atoms with E-state index in [0.717, 1.165) is 35.8 Å². The number of piperidine rings is 1. The molecule has 1 aliphatic rings. The molecule has 3 rings (SSSR count). The van der Waals surface area contributed by atoms with Crippen LogP contribution in [0, 0.1) is 0 Å². The smallest absolute Gasteiger partial charge is 0.163 e. The summed E-state index contributed by atoms with van der Waals surface area (Å²) < 4.78 is 1.77. The van der Waals surface area contributed by atoms with Crippen molar-refractivity contribution in [1.29, 1.82) is 0 Å². The summed E-state index contributed by atoms with van der Waals surface area (Å²) in [6, 6.07) is 0. The molecule has 0 saturated carbocycles. The van der Waals surface area contributed by atoms with Gasteiger partial charge in [0.2, 0.25) is 0 Å². The number of rotatable bonds is 5. The van der Waals surface area contributed by atoms with Gasteiger partial charge >= 0.3 is 0 Å². The summed E-state index contributed by atoms with van der Waals surface area (Å²) in [4.78, 5) is 11.7. The van der Waals surface area contributed by atoms with E-state index in [1.807, 2.05) is 7.05 Å². The van der Waals surface area contributed by atoms with Crippen molar-refractivity contribution in [3.05, 3.63) is 12.0 Å². The predicted octanol–water partition coefficient (Wildman–Crippen LogP) is 1.92. The van der Waals surface area contributed by atoms with E-state index in [2.05, 4.69) is 41.1 Å². The minimum Gasteiger partial charge on any atom is -0.390 e. The van der Waals surface area contributed by atoms with Crippen molar-refractivity contribution in [2.75, 3.05) is 31.5 Å². The minimum atomic E-state index is -0.419. The van der Waals surface area contributed by atoms with Gasteiger partial charge in [0, 0.05) is 25.6 Å². The molecule has 2 aromatic heterocycles. The van der Waals surface area contributed by atoms with Crippen molar-refractivity contribution in [2.45, 2.75) is 51.6 Å². The van der Waals surface area contributed by atoms with Crippen molar-refractivity contribution in [3.8, 4) is 0 Å². The summed E-state index contributed by atoms with van der Waals surface area (Å²) in [5.41, 5.74) is 0.661. The van der Waals surface area contributed by atoms with Crippen LogP contribution in [0.15, 0.2) is 6.20 Å². The normalized spacial score (nSPS) is 17.8. The van der Waals surface area contributed by atoms with Crippen molar-refractivity contribution in [1.82, 2.24) is 24.6 Å². The number of anilines is 1. The maximum atomic E-state index is 10.4. The number of aliphatic hydroxyl groups excluding tert-OH is 1. The molecule has 1 atom stereocenters. The zero-order valence-corrected chi connectivity index (χ0v) is 15.8. The third-order valence-corrected chi connectivity index (χ3v) is 4.69. The van der Waals surface area contributed by atoms with E-state index in [9.17, 15) is 5.11 Å². The molecule has 0 unspecified atom stereocenters. The van der Waals surface area contributed by atoms with Gasteiger partial charge in [0.1, 0.15) is 11.6 Å². The summed E-state index contributed by atoms with van der Waals surface area (Å²) in [6.07, 6.45) is 5.13. The third kappa shape index (κ3) is 4.27. The van der Waals surface area contributed by atoms with Gasteiger partial charge in [-0.3, -0.25) is 4.68 Å². The first-order chi connectivity index (χ1) is 11.8. The van der Waals surface area contributed by atoms with E-state index in [0.29, 0.717) is 13.1 Å². The zero-order valence-electron chi connectivity index (χ0n) is 15.8. The molecule has 7 heteroatoms. The summed E-state index contributed by atoms with van der Waals surface area (Å²) in [5, 5.41) is 18.9. The monoisotopic (exact) mass is 346 g/mol. The molecule has 1 aliphatic heterocycles. The van der Waals surface area contributed by atoms with Crippen LogP contribution >= 0.6 is 0 Å². The van der Waals surface area contributed by atoms with Crippen molar-refractivity contribution in [2.24, 2.45) is 7.05 Å². The van der Waals surface area contributed by atoms with Crippen LogP contribution in [0.1, 0.15) is 45.9 Å². The second-order valence-corrected chi connectivity index (χ2v) is 8.05. The SMILES string of the molecule is Cn1ncc2c(NC[C@@H](O)CN3CCCCC3)nc(C(C)(C)C)nc21. The lowest BCUT2D eigenvalue weighted by Gasteiger charge is -2.28. The average molecular weight is 346 g/mol. The molecule has 3 heterocycles. The van der Waals surface area contributed by atoms with E-state index in [-0.39, 0.29) is 5.41 Å². The van der Waals surface area contributed by atoms with Crippen LogP contribution in [0.4, 0.5) is 5.82 Å². The Kier molecular flexibility index (Phi) is 5.24. The van der Waals surface area contributed by atoms with Gasteiger partial charge in [0.05, 0.1) is 17.7 Å². The molecule has 2 N–H and O–H groups in total. The number of likely N-dealkylation sites (tertiary alicyclic amines) is 1. The van der Waals surface area contributed by atoms with Gasteiger partial charge in [0.25, 0.3) is 0 Å². The minimum absolute atomic E-state index is 0.151. The Morgan fingerprint density at radius 1 is 1.20 bits per heavy atom. The van der Waals surface area contributed by atoms with Crippen LogP contribution in [0.2, 0.25) is 0 Å². The average Bonchev–Trinajstić information content (AvgIpc) is 2.94. The molecule has 0 amide bonds. The second kappa shape index (κ2) is 7.25. The number of aryl methyl sites for hydroxylation is 1. The first kappa shape index (κ1) is 18.1.